The van der Waals surface area contributed by atoms with E-state index in [4.69, 9.17) is 5.11 Å². The van der Waals surface area contributed by atoms with Crippen LogP contribution in [-0.2, 0) is 15.6 Å². The number of thioether (sulfide) groups is 9. The number of carbonyl (C=O) groups excluding carboxylic acids is 1. The molecule has 0 rings (SSSR count). The number of rotatable bonds is 22. The number of carbonyl (C=O) groups is 1. The van der Waals surface area contributed by atoms with Crippen LogP contribution in [0.3, 0.4) is 0 Å². The summed E-state index contributed by atoms with van der Waals surface area (Å²) in [6.07, 6.45) is 0. The van der Waals surface area contributed by atoms with Gasteiger partial charge in [0.05, 0.1) is 16.8 Å². The van der Waals surface area contributed by atoms with Gasteiger partial charge in [-0.2, -0.15) is 23.5 Å². The van der Waals surface area contributed by atoms with E-state index in [1.807, 2.05) is 58.8 Å². The van der Waals surface area contributed by atoms with Crippen molar-refractivity contribution in [2.75, 3.05) is 71.0 Å². The van der Waals surface area contributed by atoms with Crippen LogP contribution in [-0.4, -0.2) is 85.4 Å². The summed E-state index contributed by atoms with van der Waals surface area (Å²) < 4.78 is 11.9. The third-order valence-corrected chi connectivity index (χ3v) is 15.2. The van der Waals surface area contributed by atoms with Gasteiger partial charge in [-0.25, -0.2) is 0 Å². The molecule has 3 nitrogen and oxygen atoms in total. The van der Waals surface area contributed by atoms with E-state index in [2.05, 4.69) is 6.92 Å². The van der Waals surface area contributed by atoms with Gasteiger partial charge < -0.3 is 5.11 Å². The van der Waals surface area contributed by atoms with Gasteiger partial charge in [-0.15, -0.1) is 70.6 Å². The van der Waals surface area contributed by atoms with Crippen LogP contribution >= 0.6 is 106 Å². The molecule has 0 saturated heterocycles. The minimum absolute atomic E-state index is 0.130. The predicted octanol–water partition coefficient (Wildman–Crippen LogP) is 5.58. The molecule has 13 heteroatoms. The van der Waals surface area contributed by atoms with Gasteiger partial charge in [-0.3, -0.25) is 9.00 Å². The molecule has 0 aromatic carbocycles. The fourth-order valence-corrected chi connectivity index (χ4v) is 13.0. The van der Waals surface area contributed by atoms with Crippen LogP contribution in [0.4, 0.5) is 0 Å². The first-order valence-electron chi connectivity index (χ1n) is 8.44. The molecule has 1 atom stereocenters. The van der Waals surface area contributed by atoms with Crippen molar-refractivity contribution in [3.8, 4) is 0 Å². The van der Waals surface area contributed by atoms with E-state index in [1.54, 1.807) is 23.5 Å². The molecule has 0 saturated carbocycles. The molecule has 0 bridgehead atoms. The van der Waals surface area contributed by atoms with Gasteiger partial charge in [0, 0.05) is 59.2 Å². The van der Waals surface area contributed by atoms with Crippen molar-refractivity contribution < 1.29 is 14.1 Å². The summed E-state index contributed by atoms with van der Waals surface area (Å²) in [7, 11) is -0.691. The van der Waals surface area contributed by atoms with E-state index in [0.29, 0.717) is 5.75 Å². The molecule has 168 valence electrons. The number of hydrogen-bond acceptors (Lipinski definition) is 12. The van der Waals surface area contributed by atoms with Gasteiger partial charge in [0.2, 0.25) is 0 Å². The van der Waals surface area contributed by atoms with Crippen LogP contribution in [0.1, 0.15) is 6.92 Å². The number of aliphatic hydroxyl groups excluding tert-OH is 1. The Kier molecular flexibility index (Phi) is 28.9. The molecular weight excluding hydrogens is 549 g/mol. The third-order valence-electron chi connectivity index (χ3n) is 2.51. The van der Waals surface area contributed by atoms with Gasteiger partial charge in [-0.05, 0) is 5.75 Å². The quantitative estimate of drug-likeness (QED) is 0.129. The molecular formula is C15H30O3S10. The van der Waals surface area contributed by atoms with Crippen LogP contribution in [0, 0.1) is 0 Å². The maximum Gasteiger partial charge on any atom is 0.198 e. The SMILES string of the molecule is CCSCSCSCS(=O)CCSCSCSCSCC(=O)SCCSCO. The van der Waals surface area contributed by atoms with Crippen molar-refractivity contribution in [3.05, 3.63) is 0 Å². The highest BCUT2D eigenvalue weighted by molar-refractivity contribution is 8.27. The van der Waals surface area contributed by atoms with E-state index < -0.39 is 10.8 Å². The Morgan fingerprint density at radius 1 is 0.786 bits per heavy atom. The lowest BCUT2D eigenvalue weighted by atomic mass is 10.9. The van der Waals surface area contributed by atoms with Gasteiger partial charge in [0.25, 0.3) is 0 Å². The zero-order valence-electron chi connectivity index (χ0n) is 16.0. The highest BCUT2D eigenvalue weighted by Crippen LogP contribution is 2.22. The number of hydrogen-bond donors (Lipinski definition) is 1. The zero-order chi connectivity index (χ0) is 20.7. The van der Waals surface area contributed by atoms with Crippen LogP contribution in [0.2, 0.25) is 0 Å². The summed E-state index contributed by atoms with van der Waals surface area (Å²) in [6.45, 7) is 2.17. The largest absolute Gasteiger partial charge is 0.386 e. The molecule has 0 fully saturated rings. The lowest BCUT2D eigenvalue weighted by molar-refractivity contribution is -0.108. The van der Waals surface area contributed by atoms with Crippen LogP contribution in [0.15, 0.2) is 0 Å². The van der Waals surface area contributed by atoms with Gasteiger partial charge in [0.1, 0.15) is 0 Å². The molecule has 1 unspecified atom stereocenters. The molecule has 1 N–H and O–H groups in total. The molecule has 0 aliphatic rings. The summed E-state index contributed by atoms with van der Waals surface area (Å²) in [5.41, 5.74) is 0. The van der Waals surface area contributed by atoms with Gasteiger partial charge in [0.15, 0.2) is 5.12 Å². The lowest BCUT2D eigenvalue weighted by Gasteiger charge is -2.04. The molecule has 0 heterocycles. The predicted molar refractivity (Wildman–Crippen MR) is 153 cm³/mol. The van der Waals surface area contributed by atoms with Crippen LogP contribution in [0.25, 0.3) is 0 Å². The standard InChI is InChI=1S/C15H30O3S10/c1-2-19-9-23-13-26-14-28(18)6-5-21-10-24-12-25-11-22-7-15(17)27-4-3-20-8-16/h16H,2-14H2,1H3. The topological polar surface area (TPSA) is 54.4 Å². The molecule has 0 radical (unpaired) electrons. The Morgan fingerprint density at radius 2 is 1.43 bits per heavy atom. The van der Waals surface area contributed by atoms with E-state index in [9.17, 15) is 9.00 Å². The average Bonchev–Trinajstić information content (AvgIpc) is 2.69. The van der Waals surface area contributed by atoms with E-state index in [1.165, 1.54) is 29.3 Å². The molecule has 0 aliphatic heterocycles. The van der Waals surface area contributed by atoms with Crippen molar-refractivity contribution in [3.63, 3.8) is 0 Å². The Hall–Kier alpha value is 2.93. The van der Waals surface area contributed by atoms with E-state index in [-0.39, 0.29) is 11.1 Å². The van der Waals surface area contributed by atoms with Crippen LogP contribution in [0.5, 0.6) is 0 Å². The monoisotopic (exact) mass is 578 g/mol. The summed E-state index contributed by atoms with van der Waals surface area (Å²) in [4.78, 5) is 11.6. The molecule has 0 aliphatic carbocycles. The van der Waals surface area contributed by atoms with Gasteiger partial charge in [-0.1, -0.05) is 18.7 Å². The van der Waals surface area contributed by atoms with Crippen molar-refractivity contribution >= 4 is 122 Å². The first-order valence-corrected chi connectivity index (χ1v) is 20.1. The summed E-state index contributed by atoms with van der Waals surface area (Å²) in [5, 5.41) is 14.9. The van der Waals surface area contributed by atoms with Crippen molar-refractivity contribution in [2.24, 2.45) is 0 Å². The minimum Gasteiger partial charge on any atom is -0.386 e. The summed E-state index contributed by atoms with van der Waals surface area (Å²) in [6, 6.07) is 0. The molecule has 0 aromatic rings. The maximum atomic E-state index is 11.9. The second-order valence-electron chi connectivity index (χ2n) is 4.67. The Morgan fingerprint density at radius 3 is 2.14 bits per heavy atom. The maximum absolute atomic E-state index is 11.9. The smallest absolute Gasteiger partial charge is 0.198 e. The number of aliphatic hydroxyl groups is 1. The molecule has 0 spiro atoms. The average molecular weight is 579 g/mol. The fourth-order valence-electron chi connectivity index (χ4n) is 1.32. The molecule has 0 aromatic heterocycles. The van der Waals surface area contributed by atoms with Crippen molar-refractivity contribution in [1.82, 2.24) is 0 Å². The normalized spacial score (nSPS) is 12.4. The van der Waals surface area contributed by atoms with E-state index in [0.717, 1.165) is 53.5 Å². The Bertz CT molecular complexity index is 376. The second-order valence-corrected chi connectivity index (χ2v) is 18.0. The second kappa shape index (κ2) is 26.2. The van der Waals surface area contributed by atoms with E-state index >= 15 is 0 Å². The van der Waals surface area contributed by atoms with Crippen molar-refractivity contribution in [2.45, 2.75) is 6.92 Å². The highest BCUT2D eigenvalue weighted by atomic mass is 32.3. The first-order chi connectivity index (χ1) is 13.7. The minimum atomic E-state index is -0.691. The summed E-state index contributed by atoms with van der Waals surface area (Å²) in [5.74, 6) is 5.24. The van der Waals surface area contributed by atoms with Gasteiger partial charge >= 0.3 is 0 Å². The van der Waals surface area contributed by atoms with Crippen LogP contribution < -0.4 is 0 Å². The first kappa shape index (κ1) is 30.9. The third kappa shape index (κ3) is 25.2. The van der Waals surface area contributed by atoms with Crippen molar-refractivity contribution in [1.29, 1.82) is 0 Å². The summed E-state index contributed by atoms with van der Waals surface area (Å²) >= 11 is 15.8. The molecule has 0 amide bonds. The molecule has 28 heavy (non-hydrogen) atoms. The Labute approximate surface area is 211 Å². The highest BCUT2D eigenvalue weighted by Gasteiger charge is 2.03. The Balaban J connectivity index is 3.22. The zero-order valence-corrected chi connectivity index (χ0v) is 24.2. The fraction of sp³-hybridized carbons (Fsp3) is 0.933. The lowest BCUT2D eigenvalue weighted by Crippen LogP contribution is -2.02.